The minimum absolute atomic E-state index is 0.0100. The van der Waals surface area contributed by atoms with E-state index in [-0.39, 0.29) is 11.1 Å². The molecule has 0 bridgehead atoms. The first-order valence-electron chi connectivity index (χ1n) is 11.6. The summed E-state index contributed by atoms with van der Waals surface area (Å²) in [5.74, 6) is 0.0100. The Labute approximate surface area is 195 Å². The van der Waals surface area contributed by atoms with Gasteiger partial charge in [0.05, 0.1) is 5.69 Å². The number of carbonyl (C=O) groups is 2. The summed E-state index contributed by atoms with van der Waals surface area (Å²) in [5, 5.41) is 14.7. The Bertz CT molecular complexity index is 839. The second kappa shape index (κ2) is 14.6. The van der Waals surface area contributed by atoms with E-state index in [1.165, 1.54) is 60.9 Å². The van der Waals surface area contributed by atoms with Gasteiger partial charge in [-0.3, -0.25) is 9.59 Å². The number of hydrogen-bond acceptors (Lipinski definition) is 6. The Balaban J connectivity index is 1.74. The molecule has 0 unspecified atom stereocenters. The molecule has 0 spiro atoms. The summed E-state index contributed by atoms with van der Waals surface area (Å²) in [7, 11) is 3.35. The fourth-order valence-electron chi connectivity index (χ4n) is 3.29. The van der Waals surface area contributed by atoms with Gasteiger partial charge in [0.25, 0.3) is 5.24 Å². The molecule has 9 heteroatoms. The standard InChI is InChI=1S/C23H36N6O2S/c1-4-5-6-7-8-9-10-11-12-13-17-21(30)24-19-15-14-16-20(18-19)29-22(25-26-27-29)32-23(31)28(2)3/h14-16,18H,4-13,17H2,1-3H3,(H,24,30). The number of hydrogen-bond donors (Lipinski definition) is 1. The normalized spacial score (nSPS) is 10.8. The minimum Gasteiger partial charge on any atom is -0.339 e. The number of thioether (sulfide) groups is 1. The third kappa shape index (κ3) is 9.38. The van der Waals surface area contributed by atoms with Crippen molar-refractivity contribution in [3.63, 3.8) is 0 Å². The highest BCUT2D eigenvalue weighted by Gasteiger charge is 2.15. The maximum atomic E-state index is 12.3. The van der Waals surface area contributed by atoms with E-state index < -0.39 is 0 Å². The number of rotatable bonds is 14. The van der Waals surface area contributed by atoms with E-state index in [9.17, 15) is 9.59 Å². The molecule has 2 aromatic rings. The molecule has 0 saturated carbocycles. The van der Waals surface area contributed by atoms with Crippen molar-refractivity contribution < 1.29 is 9.59 Å². The van der Waals surface area contributed by atoms with Gasteiger partial charge in [-0.1, -0.05) is 70.8 Å². The maximum Gasteiger partial charge on any atom is 0.288 e. The summed E-state index contributed by atoms with van der Waals surface area (Å²) in [6.45, 7) is 2.24. The van der Waals surface area contributed by atoms with Crippen LogP contribution in [0.5, 0.6) is 0 Å². The SMILES string of the molecule is CCCCCCCCCCCCC(=O)Nc1cccc(-n2nnnc2SC(=O)N(C)C)c1. The molecule has 1 aromatic carbocycles. The zero-order valence-corrected chi connectivity index (χ0v) is 20.4. The monoisotopic (exact) mass is 460 g/mol. The molecule has 0 aliphatic rings. The first kappa shape index (κ1) is 25.8. The molecular weight excluding hydrogens is 424 g/mol. The Kier molecular flexibility index (Phi) is 11.8. The third-order valence-corrected chi connectivity index (χ3v) is 6.09. The topological polar surface area (TPSA) is 93.0 Å². The number of benzene rings is 1. The minimum atomic E-state index is -0.165. The van der Waals surface area contributed by atoms with Gasteiger partial charge < -0.3 is 10.2 Å². The van der Waals surface area contributed by atoms with Gasteiger partial charge in [0, 0.05) is 38.0 Å². The number of unbranched alkanes of at least 4 members (excludes halogenated alkanes) is 9. The van der Waals surface area contributed by atoms with Crippen molar-refractivity contribution in [3.05, 3.63) is 24.3 Å². The van der Waals surface area contributed by atoms with E-state index in [0.717, 1.165) is 24.6 Å². The fraction of sp³-hybridized carbons (Fsp3) is 0.609. The predicted molar refractivity (Wildman–Crippen MR) is 129 cm³/mol. The van der Waals surface area contributed by atoms with Gasteiger partial charge >= 0.3 is 0 Å². The lowest BCUT2D eigenvalue weighted by Gasteiger charge is -2.10. The van der Waals surface area contributed by atoms with Gasteiger partial charge in [-0.25, -0.2) is 0 Å². The summed E-state index contributed by atoms with van der Waals surface area (Å²) >= 11 is 0.950. The van der Waals surface area contributed by atoms with Crippen LogP contribution in [-0.4, -0.2) is 50.3 Å². The van der Waals surface area contributed by atoms with Crippen LogP contribution in [0.2, 0.25) is 0 Å². The number of amides is 2. The number of aromatic nitrogens is 4. The lowest BCUT2D eigenvalue weighted by Crippen LogP contribution is -2.17. The molecule has 2 rings (SSSR count). The first-order valence-corrected chi connectivity index (χ1v) is 12.4. The average molecular weight is 461 g/mol. The molecule has 8 nitrogen and oxygen atoms in total. The fourth-order valence-corrected chi connectivity index (χ4v) is 3.93. The Hall–Kier alpha value is -2.42. The van der Waals surface area contributed by atoms with Crippen molar-refractivity contribution in [1.29, 1.82) is 0 Å². The Morgan fingerprint density at radius 3 is 2.31 bits per heavy atom. The molecule has 0 aliphatic heterocycles. The highest BCUT2D eigenvalue weighted by Crippen LogP contribution is 2.22. The molecule has 0 radical (unpaired) electrons. The molecule has 0 fully saturated rings. The zero-order valence-electron chi connectivity index (χ0n) is 19.5. The van der Waals surface area contributed by atoms with E-state index in [1.54, 1.807) is 20.2 Å². The van der Waals surface area contributed by atoms with Crippen LogP contribution in [0.15, 0.2) is 29.4 Å². The number of carbonyl (C=O) groups excluding carboxylic acids is 2. The van der Waals surface area contributed by atoms with Crippen molar-refractivity contribution in [2.24, 2.45) is 0 Å². The van der Waals surface area contributed by atoms with Gasteiger partial charge in [-0.15, -0.1) is 5.10 Å². The van der Waals surface area contributed by atoms with Crippen molar-refractivity contribution in [2.75, 3.05) is 19.4 Å². The Morgan fingerprint density at radius 2 is 1.66 bits per heavy atom. The smallest absolute Gasteiger partial charge is 0.288 e. The zero-order chi connectivity index (χ0) is 23.2. The molecule has 1 aromatic heterocycles. The van der Waals surface area contributed by atoms with Crippen LogP contribution >= 0.6 is 11.8 Å². The highest BCUT2D eigenvalue weighted by molar-refractivity contribution is 8.13. The van der Waals surface area contributed by atoms with Crippen LogP contribution in [0.3, 0.4) is 0 Å². The van der Waals surface area contributed by atoms with E-state index >= 15 is 0 Å². The molecule has 32 heavy (non-hydrogen) atoms. The van der Waals surface area contributed by atoms with Crippen molar-refractivity contribution >= 4 is 28.6 Å². The quantitative estimate of drug-likeness (QED) is 0.288. The molecule has 1 N–H and O–H groups in total. The van der Waals surface area contributed by atoms with Gasteiger partial charge in [0.15, 0.2) is 0 Å². The van der Waals surface area contributed by atoms with Crippen LogP contribution < -0.4 is 5.32 Å². The van der Waals surface area contributed by atoms with E-state index in [4.69, 9.17) is 0 Å². The molecule has 176 valence electrons. The molecule has 0 aliphatic carbocycles. The first-order chi connectivity index (χ1) is 15.5. The van der Waals surface area contributed by atoms with Crippen molar-refractivity contribution in [1.82, 2.24) is 25.1 Å². The molecular formula is C23H36N6O2S. The van der Waals surface area contributed by atoms with Gasteiger partial charge in [0.1, 0.15) is 0 Å². The third-order valence-electron chi connectivity index (χ3n) is 5.12. The molecule has 2 amide bonds. The summed E-state index contributed by atoms with van der Waals surface area (Å²) < 4.78 is 1.49. The summed E-state index contributed by atoms with van der Waals surface area (Å²) in [5.41, 5.74) is 1.37. The number of nitrogens with zero attached hydrogens (tertiary/aromatic N) is 5. The van der Waals surface area contributed by atoms with Crippen LogP contribution in [-0.2, 0) is 4.79 Å². The van der Waals surface area contributed by atoms with Crippen LogP contribution in [0.25, 0.3) is 5.69 Å². The average Bonchev–Trinajstić information content (AvgIpc) is 3.23. The second-order valence-corrected chi connectivity index (χ2v) is 9.08. The largest absolute Gasteiger partial charge is 0.339 e. The van der Waals surface area contributed by atoms with Crippen LogP contribution in [0.1, 0.15) is 77.6 Å². The van der Waals surface area contributed by atoms with Gasteiger partial charge in [0.2, 0.25) is 11.1 Å². The number of tetrazole rings is 1. The van der Waals surface area contributed by atoms with Crippen LogP contribution in [0, 0.1) is 0 Å². The van der Waals surface area contributed by atoms with Gasteiger partial charge in [-0.05, 0) is 35.0 Å². The lowest BCUT2D eigenvalue weighted by atomic mass is 10.1. The summed E-state index contributed by atoms with van der Waals surface area (Å²) in [4.78, 5) is 25.8. The summed E-state index contributed by atoms with van der Waals surface area (Å²) in [6.07, 6.45) is 13.0. The predicted octanol–water partition coefficient (Wildman–Crippen LogP) is 5.69. The van der Waals surface area contributed by atoms with Crippen LogP contribution in [0.4, 0.5) is 10.5 Å². The van der Waals surface area contributed by atoms with Crippen molar-refractivity contribution in [3.8, 4) is 5.69 Å². The number of nitrogens with one attached hydrogen (secondary N) is 1. The highest BCUT2D eigenvalue weighted by atomic mass is 32.2. The van der Waals surface area contributed by atoms with E-state index in [2.05, 4.69) is 27.8 Å². The van der Waals surface area contributed by atoms with E-state index in [0.29, 0.717) is 23.0 Å². The molecule has 0 atom stereocenters. The molecule has 0 saturated heterocycles. The molecule has 1 heterocycles. The Morgan fingerprint density at radius 1 is 1.00 bits per heavy atom. The summed E-state index contributed by atoms with van der Waals surface area (Å²) in [6, 6.07) is 7.30. The van der Waals surface area contributed by atoms with Gasteiger partial charge in [-0.2, -0.15) is 4.68 Å². The lowest BCUT2D eigenvalue weighted by molar-refractivity contribution is -0.116. The second-order valence-electron chi connectivity index (χ2n) is 8.17. The maximum absolute atomic E-state index is 12.3. The van der Waals surface area contributed by atoms with E-state index in [1.807, 2.05) is 18.2 Å². The van der Waals surface area contributed by atoms with Crippen molar-refractivity contribution in [2.45, 2.75) is 82.7 Å². The number of anilines is 1.